The molecule has 0 radical (unpaired) electrons. The summed E-state index contributed by atoms with van der Waals surface area (Å²) in [4.78, 5) is 37.8. The number of carbonyl (C=O) groups is 2. The summed E-state index contributed by atoms with van der Waals surface area (Å²) in [5.41, 5.74) is 0. The van der Waals surface area contributed by atoms with E-state index in [2.05, 4.69) is 148 Å². The minimum atomic E-state index is -4.47. The number of carbonyl (C=O) groups excluding carboxylic acids is 2. The molecule has 0 rings (SSSR count). The molecule has 0 spiro atoms. The van der Waals surface area contributed by atoms with Crippen molar-refractivity contribution < 1.29 is 37.3 Å². The zero-order chi connectivity index (χ0) is 62.1. The fourth-order valence-electron chi connectivity index (χ4n) is 9.28. The number of unbranched alkanes of at least 4 members (excludes halogenated alkanes) is 25. The zero-order valence-electron chi connectivity index (χ0n) is 55.6. The predicted molar refractivity (Wildman–Crippen MR) is 369 cm³/mol. The number of hydrogen-bond donors (Lipinski definition) is 2. The Morgan fingerprint density at radius 3 is 1.15 bits per heavy atom. The van der Waals surface area contributed by atoms with Crippen LogP contribution in [0.4, 0.5) is 0 Å². The van der Waals surface area contributed by atoms with Gasteiger partial charge < -0.3 is 19.4 Å². The lowest BCUT2D eigenvalue weighted by molar-refractivity contribution is -0.870. The molecule has 85 heavy (non-hydrogen) atoms. The molecule has 0 aromatic carbocycles. The molecule has 2 N–H and O–H groups in total. The van der Waals surface area contributed by atoms with Crippen molar-refractivity contribution in [3.8, 4) is 0 Å². The van der Waals surface area contributed by atoms with Crippen LogP contribution in [0.15, 0.2) is 134 Å². The molecule has 1 amide bonds. The van der Waals surface area contributed by atoms with E-state index in [0.717, 1.165) is 135 Å². The summed E-state index contributed by atoms with van der Waals surface area (Å²) in [5.74, 6) is -0.548. The van der Waals surface area contributed by atoms with Crippen LogP contribution in [0.5, 0.6) is 0 Å². The van der Waals surface area contributed by atoms with Crippen LogP contribution in [0.3, 0.4) is 0 Å². The van der Waals surface area contributed by atoms with Gasteiger partial charge in [-0.1, -0.05) is 270 Å². The van der Waals surface area contributed by atoms with E-state index in [9.17, 15) is 19.0 Å². The van der Waals surface area contributed by atoms with Crippen LogP contribution in [0.2, 0.25) is 0 Å². The molecule has 486 valence electrons. The second-order valence-corrected chi connectivity index (χ2v) is 25.4. The van der Waals surface area contributed by atoms with Crippen LogP contribution in [0.1, 0.15) is 278 Å². The molecule has 9 nitrogen and oxygen atoms in total. The minimum Gasteiger partial charge on any atom is -0.456 e. The number of phosphoric ester groups is 1. The molecule has 0 aliphatic rings. The lowest BCUT2D eigenvalue weighted by Gasteiger charge is -2.27. The molecule has 0 saturated heterocycles. The van der Waals surface area contributed by atoms with Crippen LogP contribution in [0.25, 0.3) is 0 Å². The van der Waals surface area contributed by atoms with Gasteiger partial charge in [-0.15, -0.1) is 0 Å². The Balaban J connectivity index is 5.16. The van der Waals surface area contributed by atoms with Crippen molar-refractivity contribution in [3.05, 3.63) is 134 Å². The first kappa shape index (κ1) is 81.2. The fourth-order valence-corrected chi connectivity index (χ4v) is 10.0. The molecule has 0 aromatic heterocycles. The lowest BCUT2D eigenvalue weighted by Crippen LogP contribution is -2.47. The number of esters is 1. The third-order valence-electron chi connectivity index (χ3n) is 14.6. The Bertz CT molecular complexity index is 1920. The molecule has 0 aliphatic carbocycles. The average molecular weight is 1200 g/mol. The number of ether oxygens (including phenoxy) is 1. The van der Waals surface area contributed by atoms with Gasteiger partial charge in [-0.3, -0.25) is 18.6 Å². The SMILES string of the molecule is CC/C=C\C/C=C\C/C=C\C/C=C\C/C=C\C/C=C\CCCCCCC(=O)NC(COP(=O)(O)OCC[N+](C)(C)C)C(/C=C/CCCCCCCCCCC)OC(=O)CCCCCCCCCCC/C=C\C/C=C\C/C=C\C/C=C\CCCCC. The molecule has 10 heteroatoms. The molecule has 0 fully saturated rings. The van der Waals surface area contributed by atoms with Gasteiger partial charge in [0.25, 0.3) is 0 Å². The van der Waals surface area contributed by atoms with Gasteiger partial charge in [-0.2, -0.15) is 0 Å². The van der Waals surface area contributed by atoms with Crippen LogP contribution in [0, 0.1) is 0 Å². The van der Waals surface area contributed by atoms with Crippen molar-refractivity contribution in [1.82, 2.24) is 5.32 Å². The first-order valence-electron chi connectivity index (χ1n) is 34.5. The minimum absolute atomic E-state index is 0.0266. The molecule has 0 bridgehead atoms. The standard InChI is InChI=1S/C75H129N2O7P/c1-7-10-13-16-19-22-25-27-29-31-33-35-37-38-40-42-44-46-48-50-53-56-59-62-65-68-75(79)84-73(66-63-60-57-54-51-24-21-18-15-12-9-3)72(71-83-85(80,81)82-70-69-77(4,5)6)76-74(78)67-64-61-58-55-52-49-47-45-43-41-39-36-34-32-30-28-26-23-20-17-14-11-8-2/h11,14,19-20,22-23,27-30,33-36,38,40-41,43,47,49,63,66,72-73H,7-10,12-13,15-18,21,24-26,31-32,37,39,42,44-46,48,50-62,64-65,67-71H2,1-6H3,(H-,76,78,80,81)/p+1/b14-11-,22-19-,23-20-,29-27-,30-28-,35-33-,36-34-,40-38-,43-41-,49-47-,66-63+. The third-order valence-corrected chi connectivity index (χ3v) is 15.6. The van der Waals surface area contributed by atoms with E-state index < -0.39 is 20.0 Å². The number of phosphoric acid groups is 1. The average Bonchev–Trinajstić information content (AvgIpc) is 3.62. The van der Waals surface area contributed by atoms with E-state index in [1.54, 1.807) is 0 Å². The number of hydrogen-bond acceptors (Lipinski definition) is 6. The van der Waals surface area contributed by atoms with E-state index in [-0.39, 0.29) is 31.5 Å². The van der Waals surface area contributed by atoms with Crippen molar-refractivity contribution >= 4 is 19.7 Å². The highest BCUT2D eigenvalue weighted by molar-refractivity contribution is 7.47. The van der Waals surface area contributed by atoms with Crippen molar-refractivity contribution in [1.29, 1.82) is 0 Å². The third kappa shape index (κ3) is 64.5. The molecule has 3 atom stereocenters. The van der Waals surface area contributed by atoms with Gasteiger partial charge >= 0.3 is 13.8 Å². The number of rotatable bonds is 61. The van der Waals surface area contributed by atoms with Crippen molar-refractivity contribution in [2.45, 2.75) is 290 Å². The predicted octanol–water partition coefficient (Wildman–Crippen LogP) is 22.0. The summed E-state index contributed by atoms with van der Waals surface area (Å²) < 4.78 is 30.8. The van der Waals surface area contributed by atoms with E-state index >= 15 is 0 Å². The topological polar surface area (TPSA) is 111 Å². The molecular formula is C75H130N2O7P+. The Morgan fingerprint density at radius 1 is 0.424 bits per heavy atom. The fraction of sp³-hybridized carbons (Fsp3) is 0.680. The molecule has 0 saturated carbocycles. The van der Waals surface area contributed by atoms with E-state index in [1.807, 2.05) is 33.3 Å². The Hall–Kier alpha value is -3.85. The summed E-state index contributed by atoms with van der Waals surface area (Å²) in [7, 11) is 1.46. The second kappa shape index (κ2) is 63.2. The first-order chi connectivity index (χ1) is 41.4. The lowest BCUT2D eigenvalue weighted by atomic mass is 10.1. The summed E-state index contributed by atoms with van der Waals surface area (Å²) >= 11 is 0. The largest absolute Gasteiger partial charge is 0.472 e. The number of allylic oxidation sites excluding steroid dienone is 21. The summed E-state index contributed by atoms with van der Waals surface area (Å²) in [5, 5.41) is 3.05. The van der Waals surface area contributed by atoms with Crippen LogP contribution < -0.4 is 5.32 Å². The van der Waals surface area contributed by atoms with Gasteiger partial charge in [0, 0.05) is 12.8 Å². The maximum Gasteiger partial charge on any atom is 0.472 e. The molecular weight excluding hydrogens is 1070 g/mol. The molecule has 0 aromatic rings. The monoisotopic (exact) mass is 1200 g/mol. The normalized spacial score (nSPS) is 14.4. The number of nitrogens with one attached hydrogen (secondary N) is 1. The van der Waals surface area contributed by atoms with E-state index in [1.165, 1.54) is 103 Å². The zero-order valence-corrected chi connectivity index (χ0v) is 56.4. The van der Waals surface area contributed by atoms with Crippen LogP contribution in [-0.2, 0) is 27.9 Å². The van der Waals surface area contributed by atoms with Crippen molar-refractivity contribution in [2.75, 3.05) is 40.9 Å². The highest BCUT2D eigenvalue weighted by Gasteiger charge is 2.30. The van der Waals surface area contributed by atoms with Crippen molar-refractivity contribution in [2.24, 2.45) is 0 Å². The van der Waals surface area contributed by atoms with Crippen LogP contribution >= 0.6 is 7.82 Å². The Morgan fingerprint density at radius 2 is 0.753 bits per heavy atom. The first-order valence-corrected chi connectivity index (χ1v) is 36.0. The maximum absolute atomic E-state index is 13.6. The smallest absolute Gasteiger partial charge is 0.456 e. The quantitative estimate of drug-likeness (QED) is 0.0205. The van der Waals surface area contributed by atoms with E-state index in [4.69, 9.17) is 13.8 Å². The van der Waals surface area contributed by atoms with Gasteiger partial charge in [-0.25, -0.2) is 4.57 Å². The Labute approximate surface area is 524 Å². The van der Waals surface area contributed by atoms with Crippen LogP contribution in [-0.4, -0.2) is 74.3 Å². The highest BCUT2D eigenvalue weighted by atomic mass is 31.2. The Kier molecular flexibility index (Phi) is 60.3. The summed E-state index contributed by atoms with van der Waals surface area (Å²) in [6.07, 6.45) is 90.3. The van der Waals surface area contributed by atoms with Gasteiger partial charge in [0.15, 0.2) is 0 Å². The number of quaternary nitrogens is 1. The second-order valence-electron chi connectivity index (χ2n) is 24.0. The number of likely N-dealkylation sites (N-methyl/N-ethyl adjacent to an activating group) is 1. The van der Waals surface area contributed by atoms with Crippen molar-refractivity contribution in [3.63, 3.8) is 0 Å². The molecule has 0 aliphatic heterocycles. The molecule has 0 heterocycles. The number of nitrogens with zero attached hydrogens (tertiary/aromatic N) is 1. The van der Waals surface area contributed by atoms with Gasteiger partial charge in [0.2, 0.25) is 5.91 Å². The molecule has 3 unspecified atom stereocenters. The maximum atomic E-state index is 13.6. The van der Waals surface area contributed by atoms with Gasteiger partial charge in [-0.05, 0) is 128 Å². The van der Waals surface area contributed by atoms with E-state index in [0.29, 0.717) is 23.9 Å². The number of amides is 1. The van der Waals surface area contributed by atoms with Gasteiger partial charge in [0.05, 0.1) is 33.8 Å². The highest BCUT2D eigenvalue weighted by Crippen LogP contribution is 2.43. The van der Waals surface area contributed by atoms with Gasteiger partial charge in [0.1, 0.15) is 19.3 Å². The summed E-state index contributed by atoms with van der Waals surface area (Å²) in [6, 6.07) is -0.875. The summed E-state index contributed by atoms with van der Waals surface area (Å²) in [6.45, 7) is 6.84.